The van der Waals surface area contributed by atoms with E-state index in [1.807, 2.05) is 23.5 Å². The Hall–Kier alpha value is -6.16. The molecule has 8 aromatic carbocycles. The molecule has 2 aromatic heterocycles. The van der Waals surface area contributed by atoms with Gasteiger partial charge in [0.15, 0.2) is 0 Å². The number of benzene rings is 8. The van der Waals surface area contributed by atoms with Gasteiger partial charge in [-0.05, 0) is 93.7 Å². The molecular weight excluding hydrogens is 615 g/mol. The van der Waals surface area contributed by atoms with Gasteiger partial charge in [-0.1, -0.05) is 115 Å². The number of thiophene rings is 1. The highest BCUT2D eigenvalue weighted by Gasteiger charge is 2.16. The van der Waals surface area contributed by atoms with E-state index in [4.69, 9.17) is 4.42 Å². The third kappa shape index (κ3) is 4.70. The number of para-hydroxylation sites is 1. The minimum Gasteiger partial charge on any atom is -0.456 e. The fourth-order valence-electron chi connectivity index (χ4n) is 7.24. The fourth-order valence-corrected chi connectivity index (χ4v) is 8.47. The first-order valence-electron chi connectivity index (χ1n) is 16.6. The van der Waals surface area contributed by atoms with Crippen molar-refractivity contribution in [3.05, 3.63) is 176 Å². The van der Waals surface area contributed by atoms with E-state index < -0.39 is 0 Å². The van der Waals surface area contributed by atoms with Gasteiger partial charge in [0.2, 0.25) is 0 Å². The van der Waals surface area contributed by atoms with Crippen LogP contribution in [-0.2, 0) is 0 Å². The SMILES string of the molecule is c1ccc2cc(N(c3ccc(-c4ccc5oc6ccccc6c5c4)cc3)c3ccc(-c4cccc5c4sc4ccccc45)cc3)ccc2c1. The highest BCUT2D eigenvalue weighted by molar-refractivity contribution is 7.26. The maximum atomic E-state index is 6.09. The summed E-state index contributed by atoms with van der Waals surface area (Å²) in [7, 11) is 0. The van der Waals surface area contributed by atoms with Gasteiger partial charge in [-0.15, -0.1) is 11.3 Å². The Labute approximate surface area is 287 Å². The minimum absolute atomic E-state index is 0.913. The molecular formula is C46H29NOS. The summed E-state index contributed by atoms with van der Waals surface area (Å²) in [4.78, 5) is 2.35. The third-order valence-electron chi connectivity index (χ3n) is 9.67. The van der Waals surface area contributed by atoms with Crippen LogP contribution in [0.2, 0.25) is 0 Å². The highest BCUT2D eigenvalue weighted by atomic mass is 32.1. The van der Waals surface area contributed by atoms with E-state index in [9.17, 15) is 0 Å². The first kappa shape index (κ1) is 27.9. The van der Waals surface area contributed by atoms with Crippen LogP contribution in [0.1, 0.15) is 0 Å². The summed E-state index contributed by atoms with van der Waals surface area (Å²) < 4.78 is 8.75. The first-order chi connectivity index (χ1) is 24.3. The monoisotopic (exact) mass is 643 g/mol. The van der Waals surface area contributed by atoms with Crippen LogP contribution in [0.5, 0.6) is 0 Å². The van der Waals surface area contributed by atoms with E-state index in [1.54, 1.807) is 0 Å². The molecule has 0 radical (unpaired) electrons. The van der Waals surface area contributed by atoms with Crippen molar-refractivity contribution in [1.82, 2.24) is 0 Å². The minimum atomic E-state index is 0.913. The van der Waals surface area contributed by atoms with Gasteiger partial charge in [0.25, 0.3) is 0 Å². The van der Waals surface area contributed by atoms with Gasteiger partial charge >= 0.3 is 0 Å². The van der Waals surface area contributed by atoms with Crippen LogP contribution in [0, 0.1) is 0 Å². The molecule has 0 spiro atoms. The fraction of sp³-hybridized carbons (Fsp3) is 0. The Morgan fingerprint density at radius 1 is 0.388 bits per heavy atom. The molecule has 49 heavy (non-hydrogen) atoms. The van der Waals surface area contributed by atoms with Crippen LogP contribution < -0.4 is 4.90 Å². The molecule has 0 atom stereocenters. The molecule has 2 heterocycles. The standard InChI is InChI=1S/C46H29NOS/c1-2-9-33-28-37(26-18-30(33)8-1)47(35-22-16-31(17-23-35)34-21-27-44-42(29-34)39-10-3-5-14-43(39)48-44)36-24-19-32(20-25-36)38-12-7-13-41-40-11-4-6-15-45(40)49-46(38)41/h1-29H. The maximum absolute atomic E-state index is 6.09. The summed E-state index contributed by atoms with van der Waals surface area (Å²) >= 11 is 1.87. The molecule has 230 valence electrons. The topological polar surface area (TPSA) is 16.4 Å². The predicted octanol–water partition coefficient (Wildman–Crippen LogP) is 13.9. The average Bonchev–Trinajstić information content (AvgIpc) is 3.74. The van der Waals surface area contributed by atoms with Crippen molar-refractivity contribution in [2.24, 2.45) is 0 Å². The summed E-state index contributed by atoms with van der Waals surface area (Å²) in [5.74, 6) is 0. The lowest BCUT2D eigenvalue weighted by molar-refractivity contribution is 0.669. The van der Waals surface area contributed by atoms with Crippen LogP contribution >= 0.6 is 11.3 Å². The van der Waals surface area contributed by atoms with Crippen molar-refractivity contribution >= 4 is 81.3 Å². The van der Waals surface area contributed by atoms with Crippen molar-refractivity contribution in [3.8, 4) is 22.3 Å². The van der Waals surface area contributed by atoms with E-state index in [-0.39, 0.29) is 0 Å². The molecule has 0 bridgehead atoms. The van der Waals surface area contributed by atoms with E-state index >= 15 is 0 Å². The summed E-state index contributed by atoms with van der Waals surface area (Å²) in [5.41, 5.74) is 10.0. The van der Waals surface area contributed by atoms with Crippen molar-refractivity contribution in [3.63, 3.8) is 0 Å². The molecule has 0 saturated carbocycles. The Kier molecular flexibility index (Phi) is 6.39. The molecule has 10 rings (SSSR count). The van der Waals surface area contributed by atoms with Gasteiger partial charge < -0.3 is 9.32 Å². The van der Waals surface area contributed by atoms with Crippen LogP contribution in [0.15, 0.2) is 180 Å². The Bertz CT molecular complexity index is 2820. The predicted molar refractivity (Wildman–Crippen MR) is 210 cm³/mol. The smallest absolute Gasteiger partial charge is 0.135 e. The second kappa shape index (κ2) is 11.2. The molecule has 2 nitrogen and oxygen atoms in total. The first-order valence-corrected chi connectivity index (χ1v) is 17.4. The Balaban J connectivity index is 1.06. The molecule has 0 aliphatic rings. The number of fused-ring (bicyclic) bond motifs is 7. The van der Waals surface area contributed by atoms with Crippen molar-refractivity contribution in [2.45, 2.75) is 0 Å². The van der Waals surface area contributed by atoms with Crippen molar-refractivity contribution in [1.29, 1.82) is 0 Å². The van der Waals surface area contributed by atoms with E-state index in [0.717, 1.165) is 39.0 Å². The molecule has 0 unspecified atom stereocenters. The maximum Gasteiger partial charge on any atom is 0.135 e. The van der Waals surface area contributed by atoms with Gasteiger partial charge in [-0.25, -0.2) is 0 Å². The number of hydrogen-bond donors (Lipinski definition) is 0. The Morgan fingerprint density at radius 3 is 1.86 bits per heavy atom. The van der Waals surface area contributed by atoms with Crippen molar-refractivity contribution < 1.29 is 4.42 Å². The molecule has 10 aromatic rings. The summed E-state index contributed by atoms with van der Waals surface area (Å²) in [6, 6.07) is 63.3. The van der Waals surface area contributed by atoms with Crippen LogP contribution in [0.25, 0.3) is 75.1 Å². The van der Waals surface area contributed by atoms with E-state index in [0.29, 0.717) is 0 Å². The lowest BCUT2D eigenvalue weighted by atomic mass is 10.0. The summed E-state index contributed by atoms with van der Waals surface area (Å²) in [6.45, 7) is 0. The lowest BCUT2D eigenvalue weighted by Crippen LogP contribution is -2.09. The molecule has 0 aliphatic heterocycles. The zero-order valence-electron chi connectivity index (χ0n) is 26.5. The second-order valence-corrected chi connectivity index (χ2v) is 13.6. The Morgan fingerprint density at radius 2 is 1.02 bits per heavy atom. The van der Waals surface area contributed by atoms with Crippen molar-refractivity contribution in [2.75, 3.05) is 4.90 Å². The van der Waals surface area contributed by atoms with E-state index in [2.05, 4.69) is 169 Å². The second-order valence-electron chi connectivity index (χ2n) is 12.6. The molecule has 0 aliphatic carbocycles. The number of anilines is 3. The highest BCUT2D eigenvalue weighted by Crippen LogP contribution is 2.42. The molecule has 3 heteroatoms. The summed E-state index contributed by atoms with van der Waals surface area (Å²) in [6.07, 6.45) is 0. The van der Waals surface area contributed by atoms with Gasteiger partial charge in [0, 0.05) is 48.0 Å². The summed E-state index contributed by atoms with van der Waals surface area (Å²) in [5, 5.41) is 7.38. The van der Waals surface area contributed by atoms with Gasteiger partial charge in [0.05, 0.1) is 0 Å². The largest absolute Gasteiger partial charge is 0.456 e. The third-order valence-corrected chi connectivity index (χ3v) is 10.9. The van der Waals surface area contributed by atoms with Gasteiger partial charge in [0.1, 0.15) is 11.2 Å². The molecule has 0 amide bonds. The van der Waals surface area contributed by atoms with Crippen LogP contribution in [0.4, 0.5) is 17.1 Å². The molecule has 0 saturated heterocycles. The molecule has 0 fully saturated rings. The molecule has 0 N–H and O–H groups in total. The quantitative estimate of drug-likeness (QED) is 0.186. The van der Waals surface area contributed by atoms with Crippen LogP contribution in [-0.4, -0.2) is 0 Å². The zero-order chi connectivity index (χ0) is 32.3. The number of furan rings is 1. The van der Waals surface area contributed by atoms with E-state index in [1.165, 1.54) is 53.2 Å². The lowest BCUT2D eigenvalue weighted by Gasteiger charge is -2.26. The number of rotatable bonds is 5. The van der Waals surface area contributed by atoms with Crippen LogP contribution in [0.3, 0.4) is 0 Å². The zero-order valence-corrected chi connectivity index (χ0v) is 27.3. The number of hydrogen-bond acceptors (Lipinski definition) is 3. The van der Waals surface area contributed by atoms with Gasteiger partial charge in [-0.3, -0.25) is 0 Å². The normalized spacial score (nSPS) is 11.7. The number of nitrogens with zero attached hydrogens (tertiary/aromatic N) is 1. The average molecular weight is 644 g/mol. The van der Waals surface area contributed by atoms with Gasteiger partial charge in [-0.2, -0.15) is 0 Å².